The van der Waals surface area contributed by atoms with Crippen LogP contribution >= 0.6 is 35.0 Å². The summed E-state index contributed by atoms with van der Waals surface area (Å²) in [7, 11) is 0. The molecule has 0 aliphatic carbocycles. The van der Waals surface area contributed by atoms with Crippen molar-refractivity contribution in [2.24, 2.45) is 0 Å². The first-order valence-corrected chi connectivity index (χ1v) is 11.7. The zero-order chi connectivity index (χ0) is 23.2. The third-order valence-electron chi connectivity index (χ3n) is 4.77. The second-order valence-corrected chi connectivity index (χ2v) is 8.99. The van der Waals surface area contributed by atoms with Crippen LogP contribution in [0.3, 0.4) is 0 Å². The molecule has 0 saturated carbocycles. The molecule has 1 aliphatic heterocycles. The topological polar surface area (TPSA) is 55.8 Å². The maximum atomic E-state index is 12.7. The molecular formula is C25H19Cl2NO4S. The molecule has 1 heterocycles. The lowest BCUT2D eigenvalue weighted by atomic mass is 10.2. The van der Waals surface area contributed by atoms with Crippen molar-refractivity contribution in [2.45, 2.75) is 6.61 Å². The third-order valence-corrected chi connectivity index (χ3v) is 6.18. The van der Waals surface area contributed by atoms with Crippen molar-refractivity contribution in [1.82, 2.24) is 4.90 Å². The number of carbonyl (C=O) groups excluding carboxylic acids is 2. The second-order valence-electron chi connectivity index (χ2n) is 7.12. The molecule has 1 fully saturated rings. The minimum absolute atomic E-state index is 0.169. The molecule has 2 amide bonds. The van der Waals surface area contributed by atoms with Gasteiger partial charge in [-0.1, -0.05) is 47.5 Å². The summed E-state index contributed by atoms with van der Waals surface area (Å²) in [5.41, 5.74) is 1.81. The van der Waals surface area contributed by atoms with Gasteiger partial charge in [0, 0.05) is 10.0 Å². The SMILES string of the molecule is O=C1S/C(=C\c2ccc(OCc3ccc(Cl)cc3)cc2)C(=O)N1CCOc1ccc(Cl)cc1. The van der Waals surface area contributed by atoms with Gasteiger partial charge in [0.05, 0.1) is 11.4 Å². The van der Waals surface area contributed by atoms with Gasteiger partial charge in [-0.2, -0.15) is 0 Å². The van der Waals surface area contributed by atoms with Gasteiger partial charge in [0.15, 0.2) is 0 Å². The molecule has 0 bridgehead atoms. The summed E-state index contributed by atoms with van der Waals surface area (Å²) >= 11 is 12.7. The molecule has 5 nitrogen and oxygen atoms in total. The van der Waals surface area contributed by atoms with Crippen molar-refractivity contribution >= 4 is 52.2 Å². The minimum Gasteiger partial charge on any atom is -0.492 e. The molecule has 0 aromatic heterocycles. The van der Waals surface area contributed by atoms with Gasteiger partial charge < -0.3 is 9.47 Å². The minimum atomic E-state index is -0.326. The molecule has 0 spiro atoms. The van der Waals surface area contributed by atoms with E-state index in [9.17, 15) is 9.59 Å². The fraction of sp³-hybridized carbons (Fsp3) is 0.120. The molecule has 0 N–H and O–H groups in total. The number of rotatable bonds is 8. The Morgan fingerprint density at radius 3 is 2.03 bits per heavy atom. The van der Waals surface area contributed by atoms with Crippen LogP contribution in [-0.4, -0.2) is 29.2 Å². The van der Waals surface area contributed by atoms with Gasteiger partial charge in [-0.25, -0.2) is 0 Å². The molecule has 4 rings (SSSR count). The predicted octanol–water partition coefficient (Wildman–Crippen LogP) is 6.69. The first-order valence-electron chi connectivity index (χ1n) is 10.1. The summed E-state index contributed by atoms with van der Waals surface area (Å²) < 4.78 is 11.4. The number of carbonyl (C=O) groups is 2. The number of benzene rings is 3. The van der Waals surface area contributed by atoms with E-state index >= 15 is 0 Å². The average Bonchev–Trinajstić information content (AvgIpc) is 3.08. The van der Waals surface area contributed by atoms with E-state index in [0.29, 0.717) is 33.1 Å². The Labute approximate surface area is 205 Å². The van der Waals surface area contributed by atoms with Gasteiger partial charge in [-0.15, -0.1) is 0 Å². The number of thioether (sulfide) groups is 1. The van der Waals surface area contributed by atoms with Crippen molar-refractivity contribution in [3.63, 3.8) is 0 Å². The Kier molecular flexibility index (Phi) is 7.60. The van der Waals surface area contributed by atoms with E-state index in [1.807, 2.05) is 48.5 Å². The normalized spacial score (nSPS) is 14.7. The molecule has 33 heavy (non-hydrogen) atoms. The first-order chi connectivity index (χ1) is 16.0. The lowest BCUT2D eigenvalue weighted by Crippen LogP contribution is -2.32. The highest BCUT2D eigenvalue weighted by Crippen LogP contribution is 2.32. The Balaban J connectivity index is 1.31. The molecule has 0 radical (unpaired) electrons. The number of hydrogen-bond donors (Lipinski definition) is 0. The number of imide groups is 1. The number of hydrogen-bond acceptors (Lipinski definition) is 5. The van der Waals surface area contributed by atoms with Crippen LogP contribution in [0.1, 0.15) is 11.1 Å². The fourth-order valence-corrected chi connectivity index (χ4v) is 4.15. The largest absolute Gasteiger partial charge is 0.492 e. The highest BCUT2D eigenvalue weighted by Gasteiger charge is 2.34. The van der Waals surface area contributed by atoms with Gasteiger partial charge >= 0.3 is 0 Å². The fourth-order valence-electron chi connectivity index (χ4n) is 3.04. The Morgan fingerprint density at radius 1 is 0.788 bits per heavy atom. The van der Waals surface area contributed by atoms with Crippen LogP contribution in [0.5, 0.6) is 11.5 Å². The Morgan fingerprint density at radius 2 is 1.36 bits per heavy atom. The van der Waals surface area contributed by atoms with E-state index in [1.54, 1.807) is 30.3 Å². The van der Waals surface area contributed by atoms with Crippen molar-refractivity contribution in [3.8, 4) is 11.5 Å². The van der Waals surface area contributed by atoms with Crippen molar-refractivity contribution in [2.75, 3.05) is 13.2 Å². The average molecular weight is 500 g/mol. The van der Waals surface area contributed by atoms with E-state index in [2.05, 4.69) is 0 Å². The highest BCUT2D eigenvalue weighted by atomic mass is 35.5. The van der Waals surface area contributed by atoms with Crippen molar-refractivity contribution in [1.29, 1.82) is 0 Å². The van der Waals surface area contributed by atoms with Crippen LogP contribution < -0.4 is 9.47 Å². The van der Waals surface area contributed by atoms with Crippen molar-refractivity contribution in [3.05, 3.63) is 98.9 Å². The Hall–Kier alpha value is -2.93. The number of halogens is 2. The maximum absolute atomic E-state index is 12.7. The van der Waals surface area contributed by atoms with E-state index in [-0.39, 0.29) is 24.3 Å². The highest BCUT2D eigenvalue weighted by molar-refractivity contribution is 8.18. The lowest BCUT2D eigenvalue weighted by molar-refractivity contribution is -0.123. The van der Waals surface area contributed by atoms with E-state index in [0.717, 1.165) is 22.9 Å². The predicted molar refractivity (Wildman–Crippen MR) is 132 cm³/mol. The van der Waals surface area contributed by atoms with Crippen LogP contribution in [0.25, 0.3) is 6.08 Å². The monoisotopic (exact) mass is 499 g/mol. The van der Waals surface area contributed by atoms with Crippen LogP contribution in [0, 0.1) is 0 Å². The van der Waals surface area contributed by atoms with E-state index in [1.165, 1.54) is 4.90 Å². The summed E-state index contributed by atoms with van der Waals surface area (Å²) in [6.45, 7) is 0.794. The summed E-state index contributed by atoms with van der Waals surface area (Å²) in [5.74, 6) is 1.00. The summed E-state index contributed by atoms with van der Waals surface area (Å²) in [4.78, 5) is 26.5. The molecule has 1 saturated heterocycles. The van der Waals surface area contributed by atoms with Crippen LogP contribution in [0.15, 0.2) is 77.7 Å². The van der Waals surface area contributed by atoms with E-state index in [4.69, 9.17) is 32.7 Å². The van der Waals surface area contributed by atoms with Crippen molar-refractivity contribution < 1.29 is 19.1 Å². The first kappa shape index (κ1) is 23.2. The Bertz CT molecular complexity index is 1160. The summed E-state index contributed by atoms with van der Waals surface area (Å²) in [5, 5.41) is 0.982. The molecule has 8 heteroatoms. The van der Waals surface area contributed by atoms with Gasteiger partial charge in [0.2, 0.25) is 0 Å². The summed E-state index contributed by atoms with van der Waals surface area (Å²) in [6, 6.07) is 21.7. The second kappa shape index (κ2) is 10.8. The molecule has 1 aliphatic rings. The quantitative estimate of drug-likeness (QED) is 0.323. The molecular weight excluding hydrogens is 481 g/mol. The van der Waals surface area contributed by atoms with Crippen LogP contribution in [0.4, 0.5) is 4.79 Å². The molecule has 0 atom stereocenters. The molecule has 3 aromatic carbocycles. The van der Waals surface area contributed by atoms with Gasteiger partial charge in [-0.3, -0.25) is 14.5 Å². The molecule has 168 valence electrons. The van der Waals surface area contributed by atoms with E-state index < -0.39 is 0 Å². The van der Waals surface area contributed by atoms with Gasteiger partial charge in [-0.05, 0) is 77.5 Å². The number of amides is 2. The van der Waals surface area contributed by atoms with Crippen LogP contribution in [-0.2, 0) is 11.4 Å². The number of nitrogens with zero attached hydrogens (tertiary/aromatic N) is 1. The number of ether oxygens (including phenoxy) is 2. The lowest BCUT2D eigenvalue weighted by Gasteiger charge is -2.13. The summed E-state index contributed by atoms with van der Waals surface area (Å²) in [6.07, 6.45) is 1.70. The van der Waals surface area contributed by atoms with Gasteiger partial charge in [0.25, 0.3) is 11.1 Å². The molecule has 0 unspecified atom stereocenters. The smallest absolute Gasteiger partial charge is 0.293 e. The van der Waals surface area contributed by atoms with Gasteiger partial charge in [0.1, 0.15) is 24.7 Å². The zero-order valence-corrected chi connectivity index (χ0v) is 19.7. The van der Waals surface area contributed by atoms with Crippen LogP contribution in [0.2, 0.25) is 10.0 Å². The maximum Gasteiger partial charge on any atom is 0.293 e. The molecule has 3 aromatic rings. The zero-order valence-electron chi connectivity index (χ0n) is 17.4. The standard InChI is InChI=1S/C25H19Cl2NO4S/c26-19-5-1-18(2-6-19)16-32-22-9-3-17(4-10-22)15-23-24(29)28(25(30)33-23)13-14-31-21-11-7-20(27)8-12-21/h1-12,15H,13-14,16H2/b23-15-. The third kappa shape index (κ3) is 6.32.